The van der Waals surface area contributed by atoms with Crippen molar-refractivity contribution in [2.45, 2.75) is 0 Å². The van der Waals surface area contributed by atoms with E-state index in [9.17, 15) is 0 Å². The normalized spacial score (nSPS) is 11.3. The second-order valence-electron chi connectivity index (χ2n) is 13.7. The van der Waals surface area contributed by atoms with Crippen molar-refractivity contribution in [2.24, 2.45) is 0 Å². The van der Waals surface area contributed by atoms with E-state index in [1.165, 1.54) is 38.6 Å². The summed E-state index contributed by atoms with van der Waals surface area (Å²) < 4.78 is 6.52. The maximum absolute atomic E-state index is 6.52. The minimum atomic E-state index is 0.868. The van der Waals surface area contributed by atoms with E-state index in [-0.39, 0.29) is 0 Å². The Labute approximate surface area is 314 Å². The number of anilines is 3. The standard InChI is InChI=1S/C52H35NO/c1-4-13-36(14-5-1)39-23-25-40(26-24-39)51-48(31-32-50-52(51)47-21-10-11-22-49(47)54-50)53(45-20-12-19-41(34-45)37-15-6-2-7-16-37)46-30-29-43-33-42(27-28-44(43)35-46)38-17-8-3-9-18-38/h1-35H. The zero-order valence-electron chi connectivity index (χ0n) is 29.6. The Kier molecular flexibility index (Phi) is 7.85. The van der Waals surface area contributed by atoms with E-state index in [4.69, 9.17) is 4.42 Å². The number of hydrogen-bond donors (Lipinski definition) is 0. The Hall–Kier alpha value is -7.16. The first kappa shape index (κ1) is 31.6. The van der Waals surface area contributed by atoms with Gasteiger partial charge in [0.25, 0.3) is 0 Å². The molecule has 0 amide bonds. The first-order valence-corrected chi connectivity index (χ1v) is 18.4. The van der Waals surface area contributed by atoms with Gasteiger partial charge in [-0.25, -0.2) is 0 Å². The lowest BCUT2D eigenvalue weighted by atomic mass is 9.94. The third-order valence-corrected chi connectivity index (χ3v) is 10.4. The Bertz CT molecular complexity index is 2910. The molecule has 9 aromatic carbocycles. The summed E-state index contributed by atoms with van der Waals surface area (Å²) in [5.74, 6) is 0. The molecule has 10 rings (SSSR count). The lowest BCUT2D eigenvalue weighted by molar-refractivity contribution is 0.669. The van der Waals surface area contributed by atoms with Crippen molar-refractivity contribution in [3.8, 4) is 44.5 Å². The van der Waals surface area contributed by atoms with E-state index in [1.807, 2.05) is 6.07 Å². The van der Waals surface area contributed by atoms with E-state index in [1.54, 1.807) is 0 Å². The monoisotopic (exact) mass is 689 g/mol. The Morgan fingerprint density at radius 3 is 1.56 bits per heavy atom. The van der Waals surface area contributed by atoms with Crippen molar-refractivity contribution in [3.63, 3.8) is 0 Å². The van der Waals surface area contributed by atoms with E-state index in [0.717, 1.165) is 55.7 Å². The summed E-state index contributed by atoms with van der Waals surface area (Å²) in [7, 11) is 0. The van der Waals surface area contributed by atoms with E-state index in [2.05, 4.69) is 211 Å². The molecule has 0 atom stereocenters. The van der Waals surface area contributed by atoms with Crippen molar-refractivity contribution in [3.05, 3.63) is 212 Å². The topological polar surface area (TPSA) is 16.4 Å². The third kappa shape index (κ3) is 5.71. The minimum absolute atomic E-state index is 0.868. The molecule has 2 nitrogen and oxygen atoms in total. The van der Waals surface area contributed by atoms with Crippen LogP contribution < -0.4 is 4.90 Å². The average molecular weight is 690 g/mol. The van der Waals surface area contributed by atoms with Crippen molar-refractivity contribution < 1.29 is 4.42 Å². The van der Waals surface area contributed by atoms with Gasteiger partial charge in [-0.15, -0.1) is 0 Å². The molecule has 10 aromatic rings. The molecular weight excluding hydrogens is 655 g/mol. The lowest BCUT2D eigenvalue weighted by Gasteiger charge is -2.29. The maximum atomic E-state index is 6.52. The van der Waals surface area contributed by atoms with Crippen molar-refractivity contribution >= 4 is 49.8 Å². The lowest BCUT2D eigenvalue weighted by Crippen LogP contribution is -2.11. The fourth-order valence-electron chi connectivity index (χ4n) is 7.81. The van der Waals surface area contributed by atoms with Crippen LogP contribution in [0.3, 0.4) is 0 Å². The molecule has 0 saturated carbocycles. The van der Waals surface area contributed by atoms with Crippen LogP contribution in [0.25, 0.3) is 77.2 Å². The zero-order valence-corrected chi connectivity index (χ0v) is 29.6. The summed E-state index contributed by atoms with van der Waals surface area (Å²) in [6, 6.07) is 75.9. The molecule has 0 aliphatic heterocycles. The summed E-state index contributed by atoms with van der Waals surface area (Å²) in [5.41, 5.74) is 14.4. The minimum Gasteiger partial charge on any atom is -0.456 e. The van der Waals surface area contributed by atoms with Gasteiger partial charge in [0.15, 0.2) is 0 Å². The van der Waals surface area contributed by atoms with Crippen LogP contribution in [-0.4, -0.2) is 0 Å². The highest BCUT2D eigenvalue weighted by molar-refractivity contribution is 6.16. The van der Waals surface area contributed by atoms with Crippen LogP contribution in [0.2, 0.25) is 0 Å². The predicted octanol–water partition coefficient (Wildman–Crippen LogP) is 14.9. The summed E-state index contributed by atoms with van der Waals surface area (Å²) in [6.45, 7) is 0. The van der Waals surface area contributed by atoms with Gasteiger partial charge < -0.3 is 9.32 Å². The van der Waals surface area contributed by atoms with Crippen LogP contribution in [0.1, 0.15) is 0 Å². The van der Waals surface area contributed by atoms with Crippen LogP contribution in [-0.2, 0) is 0 Å². The highest BCUT2D eigenvalue weighted by Gasteiger charge is 2.23. The second kappa shape index (κ2) is 13.4. The van der Waals surface area contributed by atoms with Gasteiger partial charge in [-0.3, -0.25) is 0 Å². The first-order chi connectivity index (χ1) is 26.8. The van der Waals surface area contributed by atoms with Gasteiger partial charge in [-0.2, -0.15) is 0 Å². The molecule has 1 heterocycles. The Morgan fingerprint density at radius 2 is 0.833 bits per heavy atom. The number of rotatable bonds is 7. The second-order valence-corrected chi connectivity index (χ2v) is 13.7. The largest absolute Gasteiger partial charge is 0.456 e. The van der Waals surface area contributed by atoms with Crippen LogP contribution in [0.15, 0.2) is 217 Å². The summed E-state index contributed by atoms with van der Waals surface area (Å²) in [5, 5.41) is 4.58. The molecule has 0 aliphatic rings. The molecule has 0 N–H and O–H groups in total. The number of hydrogen-bond acceptors (Lipinski definition) is 2. The van der Waals surface area contributed by atoms with Crippen LogP contribution >= 0.6 is 0 Å². The quantitative estimate of drug-likeness (QED) is 0.166. The van der Waals surface area contributed by atoms with Crippen LogP contribution in [0.4, 0.5) is 17.1 Å². The van der Waals surface area contributed by atoms with E-state index < -0.39 is 0 Å². The number of nitrogens with zero attached hydrogens (tertiary/aromatic N) is 1. The fraction of sp³-hybridized carbons (Fsp3) is 0. The number of fused-ring (bicyclic) bond motifs is 4. The maximum Gasteiger partial charge on any atom is 0.136 e. The van der Waals surface area contributed by atoms with Crippen molar-refractivity contribution in [1.82, 2.24) is 0 Å². The molecule has 0 radical (unpaired) electrons. The van der Waals surface area contributed by atoms with E-state index in [0.29, 0.717) is 0 Å². The van der Waals surface area contributed by atoms with E-state index >= 15 is 0 Å². The van der Waals surface area contributed by atoms with Crippen LogP contribution in [0.5, 0.6) is 0 Å². The van der Waals surface area contributed by atoms with Gasteiger partial charge in [0.05, 0.1) is 5.69 Å². The molecule has 0 spiro atoms. The summed E-state index contributed by atoms with van der Waals surface area (Å²) in [4.78, 5) is 2.42. The highest BCUT2D eigenvalue weighted by atomic mass is 16.3. The SMILES string of the molecule is c1ccc(-c2ccc(-c3c(N(c4cccc(-c5ccccc5)c4)c4ccc5cc(-c6ccccc6)ccc5c4)ccc4oc5ccccc5c34)cc2)cc1. The van der Waals surface area contributed by atoms with Gasteiger partial charge in [0.1, 0.15) is 11.2 Å². The first-order valence-electron chi connectivity index (χ1n) is 18.4. The molecule has 2 heteroatoms. The van der Waals surface area contributed by atoms with Crippen molar-refractivity contribution in [1.29, 1.82) is 0 Å². The molecule has 0 bridgehead atoms. The van der Waals surface area contributed by atoms with Crippen LogP contribution in [0, 0.1) is 0 Å². The Morgan fingerprint density at radius 1 is 0.315 bits per heavy atom. The molecule has 1 aromatic heterocycles. The molecule has 0 fully saturated rings. The molecule has 0 saturated heterocycles. The number of benzene rings is 9. The van der Waals surface area contributed by atoms with Gasteiger partial charge in [-0.05, 0) is 98.2 Å². The zero-order chi connectivity index (χ0) is 35.8. The number of para-hydroxylation sites is 1. The average Bonchev–Trinajstić information content (AvgIpc) is 3.63. The van der Waals surface area contributed by atoms with Gasteiger partial charge in [-0.1, -0.05) is 164 Å². The molecule has 254 valence electrons. The smallest absolute Gasteiger partial charge is 0.136 e. The molecular formula is C52H35NO. The highest BCUT2D eigenvalue weighted by Crippen LogP contribution is 2.48. The van der Waals surface area contributed by atoms with Crippen molar-refractivity contribution in [2.75, 3.05) is 4.90 Å². The summed E-state index contributed by atoms with van der Waals surface area (Å²) in [6.07, 6.45) is 0. The molecule has 0 unspecified atom stereocenters. The fourth-order valence-corrected chi connectivity index (χ4v) is 7.81. The van der Waals surface area contributed by atoms with Gasteiger partial charge in [0.2, 0.25) is 0 Å². The summed E-state index contributed by atoms with van der Waals surface area (Å²) >= 11 is 0. The third-order valence-electron chi connectivity index (χ3n) is 10.4. The number of furan rings is 1. The molecule has 54 heavy (non-hydrogen) atoms. The van der Waals surface area contributed by atoms with Gasteiger partial charge in [0, 0.05) is 27.7 Å². The predicted molar refractivity (Wildman–Crippen MR) is 228 cm³/mol. The van der Waals surface area contributed by atoms with Gasteiger partial charge >= 0.3 is 0 Å². The molecule has 0 aliphatic carbocycles. The Balaban J connectivity index is 1.22.